The average molecular weight is 384 g/mol. The first-order chi connectivity index (χ1) is 13.1. The molecule has 0 aliphatic carbocycles. The van der Waals surface area contributed by atoms with Crippen LogP contribution in [0.3, 0.4) is 0 Å². The van der Waals surface area contributed by atoms with Crippen molar-refractivity contribution in [2.24, 2.45) is 0 Å². The first-order valence-corrected chi connectivity index (χ1v) is 9.18. The maximum atomic E-state index is 12.3. The van der Waals surface area contributed by atoms with Crippen LogP contribution in [0, 0.1) is 0 Å². The molecule has 7 nitrogen and oxygen atoms in total. The van der Waals surface area contributed by atoms with Gasteiger partial charge in [0.15, 0.2) is 17.6 Å². The third-order valence-electron chi connectivity index (χ3n) is 4.12. The highest BCUT2D eigenvalue weighted by Crippen LogP contribution is 2.32. The van der Waals surface area contributed by atoms with Gasteiger partial charge in [-0.25, -0.2) is 9.78 Å². The maximum Gasteiger partial charge on any atom is 0.338 e. The van der Waals surface area contributed by atoms with Gasteiger partial charge in [-0.2, -0.15) is 0 Å². The van der Waals surface area contributed by atoms with E-state index < -0.39 is 12.1 Å². The van der Waals surface area contributed by atoms with Crippen LogP contribution in [-0.4, -0.2) is 29.8 Å². The zero-order valence-electron chi connectivity index (χ0n) is 14.4. The van der Waals surface area contributed by atoms with Crippen molar-refractivity contribution in [3.05, 3.63) is 53.0 Å². The number of nitrogens with one attached hydrogen (secondary N) is 1. The van der Waals surface area contributed by atoms with Gasteiger partial charge in [-0.15, -0.1) is 11.3 Å². The lowest BCUT2D eigenvalue weighted by atomic mass is 10.2. The van der Waals surface area contributed by atoms with E-state index in [-0.39, 0.29) is 12.7 Å². The van der Waals surface area contributed by atoms with Gasteiger partial charge in [0.2, 0.25) is 6.79 Å². The van der Waals surface area contributed by atoms with E-state index >= 15 is 0 Å². The topological polar surface area (TPSA) is 86.8 Å². The molecule has 4 rings (SSSR count). The molecule has 1 aliphatic heterocycles. The van der Waals surface area contributed by atoms with Crippen molar-refractivity contribution in [3.8, 4) is 11.5 Å². The number of nitrogens with zero attached hydrogens (tertiary/aromatic N) is 1. The highest BCUT2D eigenvalue weighted by Gasteiger charge is 2.20. The quantitative estimate of drug-likeness (QED) is 0.681. The number of hydrogen-bond donors (Lipinski definition) is 1. The van der Waals surface area contributed by atoms with Crippen molar-refractivity contribution in [1.82, 2.24) is 10.3 Å². The molecule has 0 spiro atoms. The van der Waals surface area contributed by atoms with Gasteiger partial charge < -0.3 is 19.5 Å². The average Bonchev–Trinajstić information content (AvgIpc) is 3.33. The Labute approximate surface area is 158 Å². The normalized spacial score (nSPS) is 13.4. The largest absolute Gasteiger partial charge is 0.454 e. The van der Waals surface area contributed by atoms with Crippen molar-refractivity contribution in [3.63, 3.8) is 0 Å². The van der Waals surface area contributed by atoms with Crippen molar-refractivity contribution in [1.29, 1.82) is 0 Å². The minimum atomic E-state index is -0.913. The van der Waals surface area contributed by atoms with Crippen LogP contribution >= 0.6 is 11.3 Å². The van der Waals surface area contributed by atoms with Crippen LogP contribution in [-0.2, 0) is 16.1 Å². The number of benzene rings is 2. The molecule has 0 saturated heterocycles. The SMILES string of the molecule is CC(OC(=O)c1ccc2ncsc2c1)C(=O)NCc1ccc2c(c1)OCO2. The van der Waals surface area contributed by atoms with Crippen LogP contribution in [0.15, 0.2) is 41.9 Å². The second kappa shape index (κ2) is 7.24. The number of thiazole rings is 1. The molecule has 3 aromatic rings. The van der Waals surface area contributed by atoms with Crippen molar-refractivity contribution in [2.45, 2.75) is 19.6 Å². The lowest BCUT2D eigenvalue weighted by molar-refractivity contribution is -0.129. The molecule has 0 bridgehead atoms. The molecular formula is C19H16N2O5S. The molecule has 1 aliphatic rings. The molecule has 1 unspecified atom stereocenters. The Morgan fingerprint density at radius 2 is 2.07 bits per heavy atom. The van der Waals surface area contributed by atoms with Gasteiger partial charge in [0.05, 0.1) is 21.3 Å². The van der Waals surface area contributed by atoms with E-state index in [1.165, 1.54) is 18.3 Å². The Hall–Kier alpha value is -3.13. The third-order valence-corrected chi connectivity index (χ3v) is 4.92. The second-order valence-corrected chi connectivity index (χ2v) is 6.87. The summed E-state index contributed by atoms with van der Waals surface area (Å²) in [5, 5.41) is 2.75. The minimum absolute atomic E-state index is 0.200. The summed E-state index contributed by atoms with van der Waals surface area (Å²) in [6.07, 6.45) is -0.913. The summed E-state index contributed by atoms with van der Waals surface area (Å²) in [7, 11) is 0. The first kappa shape index (κ1) is 17.3. The predicted molar refractivity (Wildman–Crippen MR) is 98.9 cm³/mol. The highest BCUT2D eigenvalue weighted by molar-refractivity contribution is 7.16. The Balaban J connectivity index is 1.33. The van der Waals surface area contributed by atoms with E-state index in [0.717, 1.165) is 15.8 Å². The lowest BCUT2D eigenvalue weighted by Crippen LogP contribution is -2.35. The van der Waals surface area contributed by atoms with Crippen LogP contribution in [0.25, 0.3) is 10.2 Å². The van der Waals surface area contributed by atoms with Crippen LogP contribution in [0.2, 0.25) is 0 Å². The van der Waals surface area contributed by atoms with Gasteiger partial charge >= 0.3 is 5.97 Å². The van der Waals surface area contributed by atoms with Crippen molar-refractivity contribution >= 4 is 33.4 Å². The number of fused-ring (bicyclic) bond motifs is 2. The molecule has 1 atom stereocenters. The predicted octanol–water partition coefficient (Wildman–Crippen LogP) is 2.89. The van der Waals surface area contributed by atoms with Crippen molar-refractivity contribution in [2.75, 3.05) is 6.79 Å². The van der Waals surface area contributed by atoms with E-state index in [1.54, 1.807) is 29.8 Å². The summed E-state index contributed by atoms with van der Waals surface area (Å²) >= 11 is 1.44. The number of esters is 1. The molecule has 1 amide bonds. The Morgan fingerprint density at radius 3 is 2.96 bits per heavy atom. The van der Waals surface area contributed by atoms with Crippen LogP contribution in [0.4, 0.5) is 0 Å². The van der Waals surface area contributed by atoms with Crippen molar-refractivity contribution < 1.29 is 23.8 Å². The van der Waals surface area contributed by atoms with Crippen LogP contribution in [0.5, 0.6) is 11.5 Å². The summed E-state index contributed by atoms with van der Waals surface area (Å²) < 4.78 is 16.7. The van der Waals surface area contributed by atoms with Crippen LogP contribution < -0.4 is 14.8 Å². The van der Waals surface area contributed by atoms with E-state index in [9.17, 15) is 9.59 Å². The van der Waals surface area contributed by atoms with E-state index in [1.807, 2.05) is 12.1 Å². The van der Waals surface area contributed by atoms with Gasteiger partial charge in [-0.05, 0) is 42.8 Å². The Bertz CT molecular complexity index is 1020. The molecule has 2 aromatic carbocycles. The molecule has 8 heteroatoms. The van der Waals surface area contributed by atoms with E-state index in [4.69, 9.17) is 14.2 Å². The summed E-state index contributed by atoms with van der Waals surface area (Å²) in [5.41, 5.74) is 3.79. The second-order valence-electron chi connectivity index (χ2n) is 5.99. The molecule has 0 radical (unpaired) electrons. The maximum absolute atomic E-state index is 12.3. The van der Waals surface area contributed by atoms with Gasteiger partial charge in [-0.1, -0.05) is 6.07 Å². The fourth-order valence-electron chi connectivity index (χ4n) is 2.65. The number of rotatable bonds is 5. The smallest absolute Gasteiger partial charge is 0.338 e. The van der Waals surface area contributed by atoms with Gasteiger partial charge in [-0.3, -0.25) is 4.79 Å². The zero-order chi connectivity index (χ0) is 18.8. The summed E-state index contributed by atoms with van der Waals surface area (Å²) in [4.78, 5) is 28.7. The van der Waals surface area contributed by atoms with E-state index in [2.05, 4.69) is 10.3 Å². The molecule has 0 saturated carbocycles. The van der Waals surface area contributed by atoms with Gasteiger partial charge in [0, 0.05) is 6.54 Å². The summed E-state index contributed by atoms with van der Waals surface area (Å²) in [6.45, 7) is 2.04. The monoisotopic (exact) mass is 384 g/mol. The number of ether oxygens (including phenoxy) is 3. The number of aromatic nitrogens is 1. The lowest BCUT2D eigenvalue weighted by Gasteiger charge is -2.14. The summed E-state index contributed by atoms with van der Waals surface area (Å²) in [5.74, 6) is 0.417. The Morgan fingerprint density at radius 1 is 1.22 bits per heavy atom. The number of carbonyl (C=O) groups is 2. The fraction of sp³-hybridized carbons (Fsp3) is 0.211. The molecule has 1 N–H and O–H groups in total. The minimum Gasteiger partial charge on any atom is -0.454 e. The molecule has 27 heavy (non-hydrogen) atoms. The Kier molecular flexibility index (Phi) is 4.64. The first-order valence-electron chi connectivity index (χ1n) is 8.30. The van der Waals surface area contributed by atoms with Gasteiger partial charge in [0.1, 0.15) is 0 Å². The van der Waals surface area contributed by atoms with E-state index in [0.29, 0.717) is 23.6 Å². The summed E-state index contributed by atoms with van der Waals surface area (Å²) in [6, 6.07) is 10.6. The number of carbonyl (C=O) groups excluding carboxylic acids is 2. The standard InChI is InChI=1S/C19H16N2O5S/c1-11(26-19(23)13-3-4-14-17(7-13)27-9-21-14)18(22)20-8-12-2-5-15-16(6-12)25-10-24-15/h2-7,9,11H,8,10H2,1H3,(H,20,22). The molecule has 138 valence electrons. The molecule has 2 heterocycles. The van der Waals surface area contributed by atoms with Gasteiger partial charge in [0.25, 0.3) is 5.91 Å². The molecule has 1 aromatic heterocycles. The fourth-order valence-corrected chi connectivity index (χ4v) is 3.36. The highest BCUT2D eigenvalue weighted by atomic mass is 32.1. The number of amides is 1. The van der Waals surface area contributed by atoms with Crippen LogP contribution in [0.1, 0.15) is 22.8 Å². The molecular weight excluding hydrogens is 368 g/mol. The molecule has 0 fully saturated rings. The number of hydrogen-bond acceptors (Lipinski definition) is 7. The third kappa shape index (κ3) is 3.70. The zero-order valence-corrected chi connectivity index (χ0v) is 15.2.